The molecule has 0 aliphatic rings. The zero-order valence-electron chi connectivity index (χ0n) is 12.0. The Morgan fingerprint density at radius 2 is 2.20 bits per heavy atom. The fourth-order valence-corrected chi connectivity index (χ4v) is 2.16. The maximum Gasteiger partial charge on any atom is 0.138 e. The van der Waals surface area contributed by atoms with Crippen LogP contribution in [0.15, 0.2) is 30.9 Å². The summed E-state index contributed by atoms with van der Waals surface area (Å²) in [7, 11) is 0. The molecule has 0 spiro atoms. The highest BCUT2D eigenvalue weighted by atomic mass is 15.3. The molecule has 1 atom stereocenters. The van der Waals surface area contributed by atoms with Gasteiger partial charge in [-0.1, -0.05) is 19.9 Å². The Kier molecular flexibility index (Phi) is 5.20. The lowest BCUT2D eigenvalue weighted by Gasteiger charge is -2.16. The number of pyridine rings is 1. The molecule has 6 heteroatoms. The molecule has 0 bridgehead atoms. The third-order valence-corrected chi connectivity index (χ3v) is 3.10. The molecular weight excluding hydrogens is 252 g/mol. The summed E-state index contributed by atoms with van der Waals surface area (Å²) < 4.78 is 1.96. The minimum atomic E-state index is 0.120. The van der Waals surface area contributed by atoms with E-state index in [2.05, 4.69) is 40.4 Å². The molecule has 0 radical (unpaired) electrons. The van der Waals surface area contributed by atoms with Gasteiger partial charge >= 0.3 is 0 Å². The van der Waals surface area contributed by atoms with Crippen molar-refractivity contribution in [3.05, 3.63) is 42.2 Å². The molecule has 20 heavy (non-hydrogen) atoms. The Hall–Kier alpha value is -1.79. The van der Waals surface area contributed by atoms with Gasteiger partial charge in [0.15, 0.2) is 0 Å². The number of hydrogen-bond donors (Lipinski definition) is 2. The molecule has 0 aromatic carbocycles. The minimum absolute atomic E-state index is 0.120. The van der Waals surface area contributed by atoms with Crippen LogP contribution < -0.4 is 11.3 Å². The van der Waals surface area contributed by atoms with Gasteiger partial charge in [-0.2, -0.15) is 5.10 Å². The summed E-state index contributed by atoms with van der Waals surface area (Å²) >= 11 is 0. The highest BCUT2D eigenvalue weighted by Gasteiger charge is 2.14. The summed E-state index contributed by atoms with van der Waals surface area (Å²) in [6, 6.07) is 4.11. The second kappa shape index (κ2) is 7.12. The number of nitrogens with zero attached hydrogens (tertiary/aromatic N) is 4. The van der Waals surface area contributed by atoms with Gasteiger partial charge in [0.1, 0.15) is 12.2 Å². The second-order valence-electron chi connectivity index (χ2n) is 5.39. The fraction of sp³-hybridized carbons (Fsp3) is 0.500. The quantitative estimate of drug-likeness (QED) is 0.580. The van der Waals surface area contributed by atoms with Gasteiger partial charge in [-0.15, -0.1) is 0 Å². The topological polar surface area (TPSA) is 81.7 Å². The lowest BCUT2D eigenvalue weighted by Crippen LogP contribution is -2.39. The standard InChI is InChI=1S/C14H22N6/c1-11(2)9-20-14(17-10-18-20)7-13(19-15)6-12-4-3-5-16-8-12/h3-5,8,10-11,13,19H,6-7,9,15H2,1-2H3. The maximum atomic E-state index is 5.66. The first-order chi connectivity index (χ1) is 9.69. The fourth-order valence-electron chi connectivity index (χ4n) is 2.16. The van der Waals surface area contributed by atoms with Gasteiger partial charge in [0.2, 0.25) is 0 Å². The minimum Gasteiger partial charge on any atom is -0.271 e. The lowest BCUT2D eigenvalue weighted by atomic mass is 10.1. The van der Waals surface area contributed by atoms with E-state index in [9.17, 15) is 0 Å². The van der Waals surface area contributed by atoms with Crippen molar-refractivity contribution in [1.82, 2.24) is 25.2 Å². The SMILES string of the molecule is CC(C)Cn1ncnc1CC(Cc1cccnc1)NN. The number of nitrogens with one attached hydrogen (secondary N) is 1. The Morgan fingerprint density at radius 3 is 2.85 bits per heavy atom. The molecule has 108 valence electrons. The maximum absolute atomic E-state index is 5.66. The number of rotatable bonds is 7. The third-order valence-electron chi connectivity index (χ3n) is 3.10. The van der Waals surface area contributed by atoms with Crippen LogP contribution in [0.25, 0.3) is 0 Å². The van der Waals surface area contributed by atoms with Crippen LogP contribution in [0, 0.1) is 5.92 Å². The zero-order valence-corrected chi connectivity index (χ0v) is 12.0. The number of aromatic nitrogens is 4. The van der Waals surface area contributed by atoms with Crippen molar-refractivity contribution < 1.29 is 0 Å². The van der Waals surface area contributed by atoms with Gasteiger partial charge in [0, 0.05) is 31.4 Å². The Bertz CT molecular complexity index is 507. The molecule has 1 unspecified atom stereocenters. The van der Waals surface area contributed by atoms with E-state index in [0.29, 0.717) is 5.92 Å². The highest BCUT2D eigenvalue weighted by molar-refractivity contribution is 5.10. The van der Waals surface area contributed by atoms with E-state index in [1.54, 1.807) is 12.5 Å². The first-order valence-electron chi connectivity index (χ1n) is 6.90. The molecule has 3 N–H and O–H groups in total. The summed E-state index contributed by atoms with van der Waals surface area (Å²) in [6.07, 6.45) is 6.81. The van der Waals surface area contributed by atoms with E-state index in [1.165, 1.54) is 0 Å². The van der Waals surface area contributed by atoms with Crippen LogP contribution in [0.4, 0.5) is 0 Å². The molecule has 0 aliphatic carbocycles. The average Bonchev–Trinajstić information content (AvgIpc) is 2.85. The van der Waals surface area contributed by atoms with E-state index in [1.807, 2.05) is 16.9 Å². The lowest BCUT2D eigenvalue weighted by molar-refractivity contribution is 0.441. The van der Waals surface area contributed by atoms with E-state index in [-0.39, 0.29) is 6.04 Å². The van der Waals surface area contributed by atoms with Crippen LogP contribution in [-0.2, 0) is 19.4 Å². The zero-order chi connectivity index (χ0) is 14.4. The van der Waals surface area contributed by atoms with Crippen LogP contribution in [0.3, 0.4) is 0 Å². The van der Waals surface area contributed by atoms with E-state index < -0.39 is 0 Å². The molecule has 2 rings (SSSR count). The van der Waals surface area contributed by atoms with E-state index in [0.717, 1.165) is 30.8 Å². The summed E-state index contributed by atoms with van der Waals surface area (Å²) in [6.45, 7) is 5.21. The van der Waals surface area contributed by atoms with Crippen LogP contribution >= 0.6 is 0 Å². The Morgan fingerprint density at radius 1 is 1.35 bits per heavy atom. The van der Waals surface area contributed by atoms with Gasteiger partial charge in [-0.05, 0) is 24.0 Å². The van der Waals surface area contributed by atoms with Crippen LogP contribution in [0.1, 0.15) is 25.2 Å². The smallest absolute Gasteiger partial charge is 0.138 e. The Balaban J connectivity index is 2.01. The molecular formula is C14H22N6. The summed E-state index contributed by atoms with van der Waals surface area (Å²) in [4.78, 5) is 8.46. The molecule has 0 amide bonds. The van der Waals surface area contributed by atoms with Crippen LogP contribution in [0.5, 0.6) is 0 Å². The van der Waals surface area contributed by atoms with Crippen molar-refractivity contribution in [1.29, 1.82) is 0 Å². The second-order valence-corrected chi connectivity index (χ2v) is 5.39. The van der Waals surface area contributed by atoms with Gasteiger partial charge in [-0.3, -0.25) is 16.3 Å². The van der Waals surface area contributed by atoms with Crippen molar-refractivity contribution in [3.8, 4) is 0 Å². The number of hydrazine groups is 1. The van der Waals surface area contributed by atoms with E-state index >= 15 is 0 Å². The average molecular weight is 274 g/mol. The van der Waals surface area contributed by atoms with E-state index in [4.69, 9.17) is 5.84 Å². The van der Waals surface area contributed by atoms with Gasteiger partial charge in [0.05, 0.1) is 0 Å². The number of nitrogens with two attached hydrogens (primary N) is 1. The van der Waals surface area contributed by atoms with Crippen molar-refractivity contribution >= 4 is 0 Å². The number of hydrogen-bond acceptors (Lipinski definition) is 5. The van der Waals surface area contributed by atoms with Gasteiger partial charge < -0.3 is 0 Å². The summed E-state index contributed by atoms with van der Waals surface area (Å²) in [5.41, 5.74) is 4.02. The molecule has 0 saturated carbocycles. The van der Waals surface area contributed by atoms with Crippen molar-refractivity contribution in [2.75, 3.05) is 0 Å². The van der Waals surface area contributed by atoms with Crippen molar-refractivity contribution in [2.24, 2.45) is 11.8 Å². The highest BCUT2D eigenvalue weighted by Crippen LogP contribution is 2.08. The predicted molar refractivity (Wildman–Crippen MR) is 77.6 cm³/mol. The molecule has 6 nitrogen and oxygen atoms in total. The van der Waals surface area contributed by atoms with Crippen molar-refractivity contribution in [2.45, 2.75) is 39.3 Å². The summed E-state index contributed by atoms with van der Waals surface area (Å²) in [5, 5.41) is 4.28. The molecule has 2 heterocycles. The summed E-state index contributed by atoms with van der Waals surface area (Å²) in [5.74, 6) is 7.16. The van der Waals surface area contributed by atoms with Gasteiger partial charge in [0.25, 0.3) is 0 Å². The monoisotopic (exact) mass is 274 g/mol. The van der Waals surface area contributed by atoms with Crippen LogP contribution in [-0.4, -0.2) is 25.8 Å². The van der Waals surface area contributed by atoms with Crippen LogP contribution in [0.2, 0.25) is 0 Å². The molecule has 0 aliphatic heterocycles. The first-order valence-corrected chi connectivity index (χ1v) is 6.90. The molecule has 0 fully saturated rings. The molecule has 2 aromatic heterocycles. The third kappa shape index (κ3) is 4.11. The molecule has 0 saturated heterocycles. The van der Waals surface area contributed by atoms with Gasteiger partial charge in [-0.25, -0.2) is 9.67 Å². The predicted octanol–water partition coefficient (Wildman–Crippen LogP) is 0.946. The first kappa shape index (κ1) is 14.6. The largest absolute Gasteiger partial charge is 0.271 e. The molecule has 2 aromatic rings. The Labute approximate surface area is 119 Å². The van der Waals surface area contributed by atoms with Crippen molar-refractivity contribution in [3.63, 3.8) is 0 Å². The normalized spacial score (nSPS) is 12.8.